The summed E-state index contributed by atoms with van der Waals surface area (Å²) in [5, 5.41) is 17.9. The van der Waals surface area contributed by atoms with Gasteiger partial charge in [-0.15, -0.1) is 11.3 Å². The summed E-state index contributed by atoms with van der Waals surface area (Å²) >= 11 is 0.769. The van der Waals surface area contributed by atoms with E-state index in [1.54, 1.807) is 0 Å². The Kier molecular flexibility index (Phi) is 5.85. The number of thiazole rings is 1. The average molecular weight is 308 g/mol. The first-order valence-corrected chi connectivity index (χ1v) is 8.04. The van der Waals surface area contributed by atoms with Crippen molar-refractivity contribution in [3.05, 3.63) is 11.2 Å². The van der Waals surface area contributed by atoms with E-state index in [1.165, 1.54) is 5.51 Å². The molecule has 0 radical (unpaired) electrons. The fourth-order valence-corrected chi connectivity index (χ4v) is 4.22. The lowest BCUT2D eigenvalue weighted by Crippen LogP contribution is -2.34. The van der Waals surface area contributed by atoms with E-state index in [1.807, 2.05) is 6.92 Å². The summed E-state index contributed by atoms with van der Waals surface area (Å²) in [6, 6.07) is 0. The molecule has 9 heteroatoms. The highest BCUT2D eigenvalue weighted by molar-refractivity contribution is 7.91. The molecule has 1 aromatic rings. The number of nitrogens with zero attached hydrogens (tertiary/aromatic N) is 2. The second kappa shape index (κ2) is 6.94. The Morgan fingerprint density at radius 3 is 2.68 bits per heavy atom. The van der Waals surface area contributed by atoms with E-state index in [0.29, 0.717) is 6.42 Å². The smallest absolute Gasteiger partial charge is 0.356 e. The fourth-order valence-electron chi connectivity index (χ4n) is 1.48. The Balaban J connectivity index is 3.11. The van der Waals surface area contributed by atoms with Gasteiger partial charge in [-0.3, -0.25) is 0 Å². The molecular formula is C10H16N2O5S2. The highest BCUT2D eigenvalue weighted by atomic mass is 32.2. The fraction of sp³-hybridized carbons (Fsp3) is 0.600. The van der Waals surface area contributed by atoms with Crippen LogP contribution in [0.1, 0.15) is 30.3 Å². The van der Waals surface area contributed by atoms with Crippen LogP contribution in [0.5, 0.6) is 0 Å². The van der Waals surface area contributed by atoms with Crippen LogP contribution >= 0.6 is 11.3 Å². The molecule has 2 N–H and O–H groups in total. The van der Waals surface area contributed by atoms with E-state index in [4.69, 9.17) is 10.2 Å². The average Bonchev–Trinajstić information content (AvgIpc) is 2.84. The van der Waals surface area contributed by atoms with Crippen LogP contribution in [-0.4, -0.2) is 53.6 Å². The number of carbonyl (C=O) groups is 1. The van der Waals surface area contributed by atoms with Crippen molar-refractivity contribution in [1.29, 1.82) is 0 Å². The number of carboxylic acid groups (broad SMARTS) is 1. The van der Waals surface area contributed by atoms with Gasteiger partial charge in [-0.25, -0.2) is 18.2 Å². The van der Waals surface area contributed by atoms with Crippen molar-refractivity contribution in [1.82, 2.24) is 9.29 Å². The van der Waals surface area contributed by atoms with Crippen molar-refractivity contribution in [2.75, 3.05) is 19.7 Å². The molecule has 0 bridgehead atoms. The molecule has 0 saturated heterocycles. The van der Waals surface area contributed by atoms with Crippen LogP contribution in [0.25, 0.3) is 0 Å². The molecule has 0 fully saturated rings. The number of aromatic carboxylic acids is 1. The van der Waals surface area contributed by atoms with Crippen LogP contribution in [0.15, 0.2) is 9.72 Å². The first kappa shape index (κ1) is 16.0. The second-order valence-electron chi connectivity index (χ2n) is 3.77. The third kappa shape index (κ3) is 3.72. The van der Waals surface area contributed by atoms with Gasteiger partial charge < -0.3 is 10.2 Å². The van der Waals surface area contributed by atoms with Crippen molar-refractivity contribution in [3.8, 4) is 0 Å². The lowest BCUT2D eigenvalue weighted by Gasteiger charge is -2.20. The highest BCUT2D eigenvalue weighted by Crippen LogP contribution is 2.24. The summed E-state index contributed by atoms with van der Waals surface area (Å²) in [4.78, 5) is 14.5. The second-order valence-corrected chi connectivity index (χ2v) is 6.76. The zero-order valence-electron chi connectivity index (χ0n) is 10.4. The summed E-state index contributed by atoms with van der Waals surface area (Å²) in [5.41, 5.74) is 0.720. The van der Waals surface area contributed by atoms with Gasteiger partial charge in [0.05, 0.1) is 12.1 Å². The maximum atomic E-state index is 12.3. The van der Waals surface area contributed by atoms with Crippen molar-refractivity contribution in [2.24, 2.45) is 0 Å². The Morgan fingerprint density at radius 2 is 2.16 bits per heavy atom. The molecule has 108 valence electrons. The highest BCUT2D eigenvalue weighted by Gasteiger charge is 2.31. The third-order valence-electron chi connectivity index (χ3n) is 2.42. The van der Waals surface area contributed by atoms with E-state index in [-0.39, 0.29) is 23.9 Å². The van der Waals surface area contributed by atoms with Gasteiger partial charge in [0.2, 0.25) is 0 Å². The van der Waals surface area contributed by atoms with E-state index in [9.17, 15) is 13.2 Å². The van der Waals surface area contributed by atoms with Crippen LogP contribution in [0.2, 0.25) is 0 Å². The molecule has 0 aliphatic rings. The number of aliphatic hydroxyl groups excluding tert-OH is 1. The van der Waals surface area contributed by atoms with E-state index in [0.717, 1.165) is 22.1 Å². The number of rotatable bonds is 8. The Morgan fingerprint density at radius 1 is 1.47 bits per heavy atom. The molecule has 0 spiro atoms. The Labute approximate surface area is 115 Å². The zero-order valence-corrected chi connectivity index (χ0v) is 12.1. The van der Waals surface area contributed by atoms with Gasteiger partial charge in [-0.2, -0.15) is 4.31 Å². The number of hydrogen-bond acceptors (Lipinski definition) is 6. The van der Waals surface area contributed by atoms with Gasteiger partial charge >= 0.3 is 5.97 Å². The molecule has 0 aliphatic heterocycles. The normalized spacial score (nSPS) is 11.9. The van der Waals surface area contributed by atoms with Gasteiger partial charge in [-0.05, 0) is 6.42 Å². The molecule has 0 saturated carbocycles. The van der Waals surface area contributed by atoms with Crippen LogP contribution < -0.4 is 0 Å². The summed E-state index contributed by atoms with van der Waals surface area (Å²) in [6.07, 6.45) is 1.44. The molecule has 1 rings (SSSR count). The quantitative estimate of drug-likeness (QED) is 0.729. The van der Waals surface area contributed by atoms with Gasteiger partial charge in [0.15, 0.2) is 9.90 Å². The summed E-state index contributed by atoms with van der Waals surface area (Å²) in [6.45, 7) is 1.79. The summed E-state index contributed by atoms with van der Waals surface area (Å²) in [5.74, 6) is -1.38. The molecule has 0 aromatic carbocycles. The summed E-state index contributed by atoms with van der Waals surface area (Å²) < 4.78 is 25.5. The number of sulfonamides is 1. The van der Waals surface area contributed by atoms with Gasteiger partial charge in [0, 0.05) is 13.1 Å². The molecule has 1 heterocycles. The number of unbranched alkanes of at least 4 members (excludes halogenated alkanes) is 1. The largest absolute Gasteiger partial charge is 0.476 e. The Hall–Kier alpha value is -1.03. The van der Waals surface area contributed by atoms with Crippen molar-refractivity contribution in [3.63, 3.8) is 0 Å². The number of aliphatic hydroxyl groups is 1. The number of aromatic nitrogens is 1. The third-order valence-corrected chi connectivity index (χ3v) is 5.67. The van der Waals surface area contributed by atoms with Crippen molar-refractivity contribution < 1.29 is 23.4 Å². The number of carboxylic acids is 1. The first-order valence-electron chi connectivity index (χ1n) is 5.73. The van der Waals surface area contributed by atoms with Gasteiger partial charge in [-0.1, -0.05) is 13.3 Å². The molecule has 0 aliphatic carbocycles. The zero-order chi connectivity index (χ0) is 14.5. The monoisotopic (exact) mass is 308 g/mol. The molecule has 1 aromatic heterocycles. The maximum Gasteiger partial charge on any atom is 0.356 e. The maximum absolute atomic E-state index is 12.3. The van der Waals surface area contributed by atoms with Crippen molar-refractivity contribution in [2.45, 2.75) is 24.0 Å². The minimum absolute atomic E-state index is 0.0563. The molecule has 0 amide bonds. The minimum atomic E-state index is -3.92. The molecular weight excluding hydrogens is 292 g/mol. The van der Waals surface area contributed by atoms with Crippen LogP contribution in [0.3, 0.4) is 0 Å². The Bertz CT molecular complexity index is 526. The van der Waals surface area contributed by atoms with Crippen LogP contribution in [0, 0.1) is 0 Å². The lowest BCUT2D eigenvalue weighted by atomic mass is 10.3. The molecule has 7 nitrogen and oxygen atoms in total. The molecule has 19 heavy (non-hydrogen) atoms. The predicted octanol–water partition coefficient (Wildman–Crippen LogP) is 0.624. The minimum Gasteiger partial charge on any atom is -0.476 e. The lowest BCUT2D eigenvalue weighted by molar-refractivity contribution is 0.0687. The topological polar surface area (TPSA) is 108 Å². The first-order chi connectivity index (χ1) is 8.95. The van der Waals surface area contributed by atoms with Crippen LogP contribution in [-0.2, 0) is 10.0 Å². The summed E-state index contributed by atoms with van der Waals surface area (Å²) in [7, 11) is -3.92. The molecule has 0 atom stereocenters. The van der Waals surface area contributed by atoms with E-state index < -0.39 is 21.7 Å². The SMILES string of the molecule is CCCCN(CCO)S(=O)(=O)c1scnc1C(=O)O. The predicted molar refractivity (Wildman–Crippen MR) is 69.8 cm³/mol. The van der Waals surface area contributed by atoms with Gasteiger partial charge in [0.25, 0.3) is 10.0 Å². The van der Waals surface area contributed by atoms with E-state index >= 15 is 0 Å². The molecule has 0 unspecified atom stereocenters. The van der Waals surface area contributed by atoms with Crippen molar-refractivity contribution >= 4 is 27.3 Å². The van der Waals surface area contributed by atoms with E-state index in [2.05, 4.69) is 4.98 Å². The van der Waals surface area contributed by atoms with Gasteiger partial charge in [0.1, 0.15) is 0 Å². The van der Waals surface area contributed by atoms with Crippen LogP contribution in [0.4, 0.5) is 0 Å². The number of hydrogen-bond donors (Lipinski definition) is 2. The standard InChI is InChI=1S/C10H16N2O5S2/c1-2-3-4-12(5-6-13)19(16,17)10-8(9(14)15)11-7-18-10/h7,13H,2-6H2,1H3,(H,14,15).